The van der Waals surface area contributed by atoms with Crippen LogP contribution < -0.4 is 5.73 Å². The lowest BCUT2D eigenvalue weighted by atomic mass is 10.1. The zero-order chi connectivity index (χ0) is 6.15. The molecule has 48 valence electrons. The highest BCUT2D eigenvalue weighted by Crippen LogP contribution is 2.25. The Bertz CT molecular complexity index is 74.6. The van der Waals surface area contributed by atoms with E-state index in [4.69, 9.17) is 5.73 Å². The van der Waals surface area contributed by atoms with Crippen LogP contribution in [0.3, 0.4) is 0 Å². The Labute approximate surface area is 49.1 Å². The molecule has 1 aliphatic rings. The Morgan fingerprint density at radius 3 is 2.25 bits per heavy atom. The molecule has 0 saturated heterocycles. The molecule has 0 aromatic carbocycles. The number of hydrogen-bond donors (Lipinski definition) is 1. The zero-order valence-corrected chi connectivity index (χ0v) is 5.10. The van der Waals surface area contributed by atoms with E-state index in [0.29, 0.717) is 12.3 Å². The number of rotatable bonds is 0. The zero-order valence-electron chi connectivity index (χ0n) is 5.10. The first-order valence-electron chi connectivity index (χ1n) is 3.11. The summed E-state index contributed by atoms with van der Waals surface area (Å²) in [7, 11) is 0. The second kappa shape index (κ2) is 2.02. The third kappa shape index (κ3) is 0.848. The highest BCUT2D eigenvalue weighted by Gasteiger charge is 2.29. The minimum absolute atomic E-state index is 0.185. The fraction of sp³-hybridized carbons (Fsp3) is 1.00. The van der Waals surface area contributed by atoms with E-state index in [2.05, 4.69) is 0 Å². The average Bonchev–Trinajstić information content (AvgIpc) is 1.98. The van der Waals surface area contributed by atoms with Gasteiger partial charge in [-0.25, -0.2) is 4.39 Å². The summed E-state index contributed by atoms with van der Waals surface area (Å²) in [5, 5.41) is 0. The van der Waals surface area contributed by atoms with Gasteiger partial charge >= 0.3 is 0 Å². The van der Waals surface area contributed by atoms with E-state index in [1.165, 1.54) is 0 Å². The van der Waals surface area contributed by atoms with E-state index >= 15 is 0 Å². The van der Waals surface area contributed by atoms with E-state index < -0.39 is 6.17 Å². The molecule has 1 nitrogen and oxygen atoms in total. The number of hydrogen-bond acceptors (Lipinski definition) is 1. The molecule has 0 aliphatic heterocycles. The second-order valence-corrected chi connectivity index (χ2v) is 2.65. The summed E-state index contributed by atoms with van der Waals surface area (Å²) in [6, 6.07) is -0.185. The molecule has 0 aromatic rings. The van der Waals surface area contributed by atoms with Gasteiger partial charge in [0.05, 0.1) is 0 Å². The first-order valence-corrected chi connectivity index (χ1v) is 3.11. The van der Waals surface area contributed by atoms with Gasteiger partial charge in [0.2, 0.25) is 0 Å². The maximum absolute atomic E-state index is 12.4. The van der Waals surface area contributed by atoms with Crippen LogP contribution >= 0.6 is 0 Å². The smallest absolute Gasteiger partial charge is 0.115 e. The van der Waals surface area contributed by atoms with Crippen LogP contribution in [0.1, 0.15) is 19.8 Å². The lowest BCUT2D eigenvalue weighted by molar-refractivity contribution is 0.297. The molecule has 0 amide bonds. The highest BCUT2D eigenvalue weighted by molar-refractivity contribution is 4.84. The molecule has 2 heteroatoms. The van der Waals surface area contributed by atoms with Gasteiger partial charge in [0, 0.05) is 6.04 Å². The molecule has 8 heavy (non-hydrogen) atoms. The van der Waals surface area contributed by atoms with Crippen molar-refractivity contribution in [1.82, 2.24) is 0 Å². The van der Waals surface area contributed by atoms with Gasteiger partial charge in [-0.05, 0) is 18.8 Å². The molecule has 0 radical (unpaired) electrons. The first-order chi connectivity index (χ1) is 3.72. The van der Waals surface area contributed by atoms with Crippen LogP contribution in [-0.4, -0.2) is 12.2 Å². The van der Waals surface area contributed by atoms with Crippen molar-refractivity contribution in [2.75, 3.05) is 0 Å². The van der Waals surface area contributed by atoms with Crippen LogP contribution in [-0.2, 0) is 0 Å². The molecular formula is C6H12FN. The van der Waals surface area contributed by atoms with Gasteiger partial charge in [0.15, 0.2) is 0 Å². The Morgan fingerprint density at radius 2 is 2.12 bits per heavy atom. The molecule has 0 spiro atoms. The molecule has 0 bridgehead atoms. The summed E-state index contributed by atoms with van der Waals surface area (Å²) >= 11 is 0. The normalized spacial score (nSPS) is 47.6. The quantitative estimate of drug-likeness (QED) is 0.505. The van der Waals surface area contributed by atoms with Crippen molar-refractivity contribution in [3.63, 3.8) is 0 Å². The second-order valence-electron chi connectivity index (χ2n) is 2.65. The molecular weight excluding hydrogens is 105 g/mol. The molecule has 0 heterocycles. The lowest BCUT2D eigenvalue weighted by Crippen LogP contribution is -2.30. The van der Waals surface area contributed by atoms with Gasteiger partial charge in [-0.1, -0.05) is 6.92 Å². The summed E-state index contributed by atoms with van der Waals surface area (Å²) in [6.45, 7) is 2.00. The van der Waals surface area contributed by atoms with Crippen molar-refractivity contribution in [3.8, 4) is 0 Å². The van der Waals surface area contributed by atoms with Gasteiger partial charge in [-0.2, -0.15) is 0 Å². The van der Waals surface area contributed by atoms with Gasteiger partial charge in [0.1, 0.15) is 6.17 Å². The summed E-state index contributed by atoms with van der Waals surface area (Å²) in [5.41, 5.74) is 5.45. The predicted octanol–water partition coefficient (Wildman–Crippen LogP) is 1.08. The summed E-state index contributed by atoms with van der Waals surface area (Å²) in [4.78, 5) is 0. The SMILES string of the molecule is C[C@@H]1CC[C@@H](F)[C@@H]1N. The first kappa shape index (κ1) is 6.02. The minimum atomic E-state index is -0.731. The molecule has 2 N–H and O–H groups in total. The molecule has 0 unspecified atom stereocenters. The Hall–Kier alpha value is -0.110. The Kier molecular flexibility index (Phi) is 1.52. The Balaban J connectivity index is 2.44. The van der Waals surface area contributed by atoms with Crippen LogP contribution in [0.25, 0.3) is 0 Å². The van der Waals surface area contributed by atoms with Crippen molar-refractivity contribution < 1.29 is 4.39 Å². The number of alkyl halides is 1. The molecule has 1 rings (SSSR count). The molecule has 0 aromatic heterocycles. The topological polar surface area (TPSA) is 26.0 Å². The molecule has 3 atom stereocenters. The average molecular weight is 117 g/mol. The fourth-order valence-electron chi connectivity index (χ4n) is 1.16. The number of nitrogens with two attached hydrogens (primary N) is 1. The minimum Gasteiger partial charge on any atom is -0.325 e. The van der Waals surface area contributed by atoms with Crippen LogP contribution in [0.2, 0.25) is 0 Å². The van der Waals surface area contributed by atoms with E-state index in [9.17, 15) is 4.39 Å². The maximum Gasteiger partial charge on any atom is 0.115 e. The van der Waals surface area contributed by atoms with E-state index in [1.54, 1.807) is 0 Å². The van der Waals surface area contributed by atoms with E-state index in [1.807, 2.05) is 6.92 Å². The molecule has 1 fully saturated rings. The molecule has 1 saturated carbocycles. The van der Waals surface area contributed by atoms with Gasteiger partial charge in [-0.15, -0.1) is 0 Å². The fourth-order valence-corrected chi connectivity index (χ4v) is 1.16. The maximum atomic E-state index is 12.4. The van der Waals surface area contributed by atoms with Crippen molar-refractivity contribution in [3.05, 3.63) is 0 Å². The van der Waals surface area contributed by atoms with Gasteiger partial charge in [-0.3, -0.25) is 0 Å². The van der Waals surface area contributed by atoms with Crippen molar-refractivity contribution in [2.24, 2.45) is 11.7 Å². The lowest BCUT2D eigenvalue weighted by Gasteiger charge is -2.09. The predicted molar refractivity (Wildman–Crippen MR) is 31.3 cm³/mol. The Morgan fingerprint density at radius 1 is 1.50 bits per heavy atom. The van der Waals surface area contributed by atoms with Gasteiger partial charge < -0.3 is 5.73 Å². The van der Waals surface area contributed by atoms with E-state index in [-0.39, 0.29) is 6.04 Å². The van der Waals surface area contributed by atoms with E-state index in [0.717, 1.165) is 6.42 Å². The monoisotopic (exact) mass is 117 g/mol. The van der Waals surface area contributed by atoms with Crippen molar-refractivity contribution in [2.45, 2.75) is 32.0 Å². The standard InChI is InChI=1S/C6H12FN/c1-4-2-3-5(7)6(4)8/h4-6H,2-3,8H2,1H3/t4-,5-,6-/m1/s1. The summed E-state index contributed by atoms with van der Waals surface area (Å²) < 4.78 is 12.4. The highest BCUT2D eigenvalue weighted by atomic mass is 19.1. The summed E-state index contributed by atoms with van der Waals surface area (Å²) in [6.07, 6.45) is 0.898. The van der Waals surface area contributed by atoms with Crippen LogP contribution in [0, 0.1) is 5.92 Å². The van der Waals surface area contributed by atoms with Crippen molar-refractivity contribution in [1.29, 1.82) is 0 Å². The van der Waals surface area contributed by atoms with Crippen LogP contribution in [0.15, 0.2) is 0 Å². The molecule has 1 aliphatic carbocycles. The van der Waals surface area contributed by atoms with Gasteiger partial charge in [0.25, 0.3) is 0 Å². The van der Waals surface area contributed by atoms with Crippen molar-refractivity contribution >= 4 is 0 Å². The number of halogens is 1. The third-order valence-corrected chi connectivity index (χ3v) is 1.97. The third-order valence-electron chi connectivity index (χ3n) is 1.97. The van der Waals surface area contributed by atoms with Crippen LogP contribution in [0.5, 0.6) is 0 Å². The van der Waals surface area contributed by atoms with Crippen LogP contribution in [0.4, 0.5) is 4.39 Å². The summed E-state index contributed by atoms with van der Waals surface area (Å²) in [5.74, 6) is 0.394. The largest absolute Gasteiger partial charge is 0.325 e.